The van der Waals surface area contributed by atoms with Gasteiger partial charge in [-0.1, -0.05) is 0 Å². The van der Waals surface area contributed by atoms with Gasteiger partial charge in [-0.05, 0) is 51.8 Å². The Bertz CT molecular complexity index is 359. The fraction of sp³-hybridized carbons (Fsp3) is 0.615. The molecule has 1 aliphatic heterocycles. The van der Waals surface area contributed by atoms with Gasteiger partial charge in [-0.3, -0.25) is 4.98 Å². The number of nitrogens with one attached hydrogen (secondary N) is 1. The van der Waals surface area contributed by atoms with E-state index in [2.05, 4.69) is 30.2 Å². The number of pyridine rings is 1. The van der Waals surface area contributed by atoms with Crippen LogP contribution < -0.4 is 10.1 Å². The first-order chi connectivity index (χ1) is 7.66. The summed E-state index contributed by atoms with van der Waals surface area (Å²) in [5.74, 6) is 0.879. The summed E-state index contributed by atoms with van der Waals surface area (Å²) < 4.78 is 5.91. The predicted molar refractivity (Wildman–Crippen MR) is 64.8 cm³/mol. The number of nitrogens with zero attached hydrogens (tertiary/aromatic N) is 1. The van der Waals surface area contributed by atoms with Crippen LogP contribution in [0, 0.1) is 13.8 Å². The molecule has 0 aromatic carbocycles. The van der Waals surface area contributed by atoms with Crippen molar-refractivity contribution in [2.24, 2.45) is 0 Å². The zero-order valence-corrected chi connectivity index (χ0v) is 10.3. The molecular formula is C13H20N2O. The van der Waals surface area contributed by atoms with Gasteiger partial charge in [-0.25, -0.2) is 0 Å². The third-order valence-corrected chi connectivity index (χ3v) is 3.30. The van der Waals surface area contributed by atoms with Gasteiger partial charge in [0.25, 0.3) is 0 Å². The van der Waals surface area contributed by atoms with Gasteiger partial charge in [0.15, 0.2) is 0 Å². The third-order valence-electron chi connectivity index (χ3n) is 3.30. The van der Waals surface area contributed by atoms with Crippen molar-refractivity contribution in [3.8, 4) is 5.75 Å². The van der Waals surface area contributed by atoms with E-state index in [1.54, 1.807) is 0 Å². The lowest BCUT2D eigenvalue weighted by atomic mass is 10.1. The summed E-state index contributed by atoms with van der Waals surface area (Å²) in [6.45, 7) is 7.32. The summed E-state index contributed by atoms with van der Waals surface area (Å²) in [4.78, 5) is 4.31. The topological polar surface area (TPSA) is 34.1 Å². The molecule has 1 aromatic rings. The van der Waals surface area contributed by atoms with Crippen LogP contribution in [-0.2, 0) is 0 Å². The van der Waals surface area contributed by atoms with Gasteiger partial charge in [0.1, 0.15) is 11.9 Å². The molecule has 2 heterocycles. The maximum atomic E-state index is 5.91. The molecule has 3 nitrogen and oxygen atoms in total. The second-order valence-electron chi connectivity index (χ2n) is 4.60. The number of rotatable bonds is 3. The highest BCUT2D eigenvalue weighted by atomic mass is 16.5. The Morgan fingerprint density at radius 1 is 1.50 bits per heavy atom. The second kappa shape index (κ2) is 4.83. The van der Waals surface area contributed by atoms with Crippen LogP contribution in [0.1, 0.15) is 31.0 Å². The fourth-order valence-corrected chi connectivity index (χ4v) is 2.09. The third kappa shape index (κ3) is 2.53. The molecule has 3 heteroatoms. The lowest BCUT2D eigenvalue weighted by Crippen LogP contribution is -2.36. The first-order valence-corrected chi connectivity index (χ1v) is 6.00. The molecule has 0 saturated carbocycles. The smallest absolute Gasteiger partial charge is 0.138 e. The zero-order valence-electron chi connectivity index (χ0n) is 10.3. The van der Waals surface area contributed by atoms with Crippen LogP contribution in [-0.4, -0.2) is 23.7 Å². The van der Waals surface area contributed by atoms with Gasteiger partial charge in [0, 0.05) is 11.7 Å². The van der Waals surface area contributed by atoms with Gasteiger partial charge < -0.3 is 10.1 Å². The molecule has 1 aromatic heterocycles. The summed E-state index contributed by atoms with van der Waals surface area (Å²) in [5.41, 5.74) is 2.25. The molecule has 2 atom stereocenters. The highest BCUT2D eigenvalue weighted by molar-refractivity contribution is 5.27. The molecule has 1 fully saturated rings. The van der Waals surface area contributed by atoms with Crippen molar-refractivity contribution in [2.45, 2.75) is 45.8 Å². The minimum atomic E-state index is 0.214. The van der Waals surface area contributed by atoms with Crippen LogP contribution in [0.3, 0.4) is 0 Å². The molecule has 1 saturated heterocycles. The van der Waals surface area contributed by atoms with Crippen molar-refractivity contribution in [1.82, 2.24) is 10.3 Å². The molecule has 0 spiro atoms. The fourth-order valence-electron chi connectivity index (χ4n) is 2.09. The number of hydrogen-bond acceptors (Lipinski definition) is 3. The Balaban J connectivity index is 1.99. The van der Waals surface area contributed by atoms with E-state index in [0.717, 1.165) is 18.0 Å². The summed E-state index contributed by atoms with van der Waals surface area (Å²) in [5, 5.41) is 3.46. The van der Waals surface area contributed by atoms with Crippen LogP contribution in [0.4, 0.5) is 0 Å². The van der Waals surface area contributed by atoms with Crippen LogP contribution in [0.5, 0.6) is 5.75 Å². The molecule has 1 unspecified atom stereocenters. The number of ether oxygens (including phenoxy) is 1. The molecule has 16 heavy (non-hydrogen) atoms. The first-order valence-electron chi connectivity index (χ1n) is 6.00. The number of hydrogen-bond donors (Lipinski definition) is 1. The summed E-state index contributed by atoms with van der Waals surface area (Å²) >= 11 is 0. The zero-order chi connectivity index (χ0) is 11.5. The van der Waals surface area contributed by atoms with E-state index in [-0.39, 0.29) is 6.10 Å². The van der Waals surface area contributed by atoms with E-state index in [4.69, 9.17) is 4.74 Å². The molecule has 0 radical (unpaired) electrons. The van der Waals surface area contributed by atoms with Gasteiger partial charge in [0.05, 0.1) is 6.20 Å². The molecule has 0 amide bonds. The maximum absolute atomic E-state index is 5.91. The monoisotopic (exact) mass is 220 g/mol. The van der Waals surface area contributed by atoms with Crippen molar-refractivity contribution in [3.63, 3.8) is 0 Å². The van der Waals surface area contributed by atoms with E-state index >= 15 is 0 Å². The van der Waals surface area contributed by atoms with Crippen LogP contribution >= 0.6 is 0 Å². The Kier molecular flexibility index (Phi) is 3.44. The van der Waals surface area contributed by atoms with Crippen LogP contribution in [0.2, 0.25) is 0 Å². The van der Waals surface area contributed by atoms with Gasteiger partial charge in [-0.15, -0.1) is 0 Å². The Labute approximate surface area is 97.2 Å². The van der Waals surface area contributed by atoms with E-state index in [0.29, 0.717) is 6.04 Å². The van der Waals surface area contributed by atoms with Crippen molar-refractivity contribution in [2.75, 3.05) is 6.54 Å². The predicted octanol–water partition coefficient (Wildman–Crippen LogP) is 2.22. The lowest BCUT2D eigenvalue weighted by Gasteiger charge is -2.21. The lowest BCUT2D eigenvalue weighted by molar-refractivity contribution is 0.179. The SMILES string of the molecule is Cc1cc(OC(C)[C@@H]2CCCN2)cnc1C. The molecule has 0 bridgehead atoms. The summed E-state index contributed by atoms with van der Waals surface area (Å²) in [6, 6.07) is 2.55. The Morgan fingerprint density at radius 2 is 2.31 bits per heavy atom. The second-order valence-corrected chi connectivity index (χ2v) is 4.60. The standard InChI is InChI=1S/C13H20N2O/c1-9-7-12(8-15-10(9)2)16-11(3)13-5-4-6-14-13/h7-8,11,13-14H,4-6H2,1-3H3/t11?,13-/m0/s1. The number of aromatic nitrogens is 1. The minimum Gasteiger partial charge on any atom is -0.487 e. The molecule has 1 aliphatic rings. The van der Waals surface area contributed by atoms with Gasteiger partial charge in [-0.2, -0.15) is 0 Å². The minimum absolute atomic E-state index is 0.214. The average molecular weight is 220 g/mol. The van der Waals surface area contributed by atoms with Crippen LogP contribution in [0.25, 0.3) is 0 Å². The van der Waals surface area contributed by atoms with E-state index in [1.807, 2.05) is 13.1 Å². The van der Waals surface area contributed by atoms with E-state index in [9.17, 15) is 0 Å². The van der Waals surface area contributed by atoms with Crippen molar-refractivity contribution < 1.29 is 4.74 Å². The first kappa shape index (κ1) is 11.4. The molecule has 88 valence electrons. The van der Waals surface area contributed by atoms with Crippen molar-refractivity contribution >= 4 is 0 Å². The maximum Gasteiger partial charge on any atom is 0.138 e. The molecule has 2 rings (SSSR count). The molecule has 1 N–H and O–H groups in total. The van der Waals surface area contributed by atoms with Crippen LogP contribution in [0.15, 0.2) is 12.3 Å². The Morgan fingerprint density at radius 3 is 2.94 bits per heavy atom. The number of aryl methyl sites for hydroxylation is 2. The average Bonchev–Trinajstić information content (AvgIpc) is 2.77. The van der Waals surface area contributed by atoms with E-state index in [1.165, 1.54) is 18.4 Å². The summed E-state index contributed by atoms with van der Waals surface area (Å²) in [6.07, 6.45) is 4.49. The summed E-state index contributed by atoms with van der Waals surface area (Å²) in [7, 11) is 0. The Hall–Kier alpha value is -1.09. The van der Waals surface area contributed by atoms with E-state index < -0.39 is 0 Å². The van der Waals surface area contributed by atoms with Crippen molar-refractivity contribution in [3.05, 3.63) is 23.5 Å². The van der Waals surface area contributed by atoms with Crippen molar-refractivity contribution in [1.29, 1.82) is 0 Å². The molecular weight excluding hydrogens is 200 g/mol. The molecule has 0 aliphatic carbocycles. The highest BCUT2D eigenvalue weighted by Gasteiger charge is 2.22. The van der Waals surface area contributed by atoms with Gasteiger partial charge >= 0.3 is 0 Å². The quantitative estimate of drug-likeness (QED) is 0.848. The van der Waals surface area contributed by atoms with Gasteiger partial charge in [0.2, 0.25) is 0 Å². The normalized spacial score (nSPS) is 22.1. The highest BCUT2D eigenvalue weighted by Crippen LogP contribution is 2.18. The largest absolute Gasteiger partial charge is 0.487 e.